The van der Waals surface area contributed by atoms with Crippen molar-refractivity contribution in [3.63, 3.8) is 0 Å². The van der Waals surface area contributed by atoms with Gasteiger partial charge in [0.05, 0.1) is 7.11 Å². The number of amides is 1. The number of rotatable bonds is 7. The molecule has 0 aliphatic rings. The molecular formula is C16H19N3O2. The van der Waals surface area contributed by atoms with E-state index >= 15 is 0 Å². The lowest BCUT2D eigenvalue weighted by Gasteiger charge is -2.01. The first kappa shape index (κ1) is 14.8. The van der Waals surface area contributed by atoms with E-state index < -0.39 is 0 Å². The van der Waals surface area contributed by atoms with Gasteiger partial charge in [-0.15, -0.1) is 0 Å². The van der Waals surface area contributed by atoms with Crippen LogP contribution in [0, 0.1) is 0 Å². The number of carbonyl (C=O) groups is 1. The lowest BCUT2D eigenvalue weighted by Crippen LogP contribution is -2.22. The molecule has 0 saturated carbocycles. The second-order valence-corrected chi connectivity index (χ2v) is 4.54. The Labute approximate surface area is 124 Å². The summed E-state index contributed by atoms with van der Waals surface area (Å²) in [6, 6.07) is 7.53. The largest absolute Gasteiger partial charge is 0.497 e. The Morgan fingerprint density at radius 2 is 2.19 bits per heavy atom. The molecule has 21 heavy (non-hydrogen) atoms. The molecule has 5 heteroatoms. The van der Waals surface area contributed by atoms with Gasteiger partial charge < -0.3 is 15.0 Å². The maximum atomic E-state index is 11.7. The number of benzene rings is 1. The number of ether oxygens (including phenoxy) is 1. The molecule has 2 aromatic rings. The summed E-state index contributed by atoms with van der Waals surface area (Å²) in [4.78, 5) is 18.8. The molecule has 1 aromatic heterocycles. The first-order valence-electron chi connectivity index (χ1n) is 6.86. The summed E-state index contributed by atoms with van der Waals surface area (Å²) in [7, 11) is 1.63. The Morgan fingerprint density at radius 1 is 1.38 bits per heavy atom. The maximum absolute atomic E-state index is 11.7. The number of imidazole rings is 1. The van der Waals surface area contributed by atoms with E-state index in [0.29, 0.717) is 6.54 Å². The van der Waals surface area contributed by atoms with Crippen LogP contribution < -0.4 is 10.1 Å². The molecule has 0 atom stereocenters. The van der Waals surface area contributed by atoms with Gasteiger partial charge in [-0.2, -0.15) is 0 Å². The Morgan fingerprint density at radius 3 is 2.86 bits per heavy atom. The normalized spacial score (nSPS) is 10.7. The van der Waals surface area contributed by atoms with Gasteiger partial charge in [0.15, 0.2) is 0 Å². The Balaban J connectivity index is 1.69. The molecule has 110 valence electrons. The molecular weight excluding hydrogens is 266 g/mol. The summed E-state index contributed by atoms with van der Waals surface area (Å²) >= 11 is 0. The Kier molecular flexibility index (Phi) is 5.58. The molecule has 1 heterocycles. The van der Waals surface area contributed by atoms with Crippen LogP contribution in [0.3, 0.4) is 0 Å². The van der Waals surface area contributed by atoms with Crippen molar-refractivity contribution in [2.24, 2.45) is 0 Å². The third kappa shape index (κ3) is 5.14. The molecule has 1 aromatic carbocycles. The highest BCUT2D eigenvalue weighted by molar-refractivity contribution is 5.91. The van der Waals surface area contributed by atoms with Crippen molar-refractivity contribution in [1.82, 2.24) is 15.3 Å². The number of hydrogen-bond donors (Lipinski definition) is 2. The monoisotopic (exact) mass is 285 g/mol. The first-order valence-corrected chi connectivity index (χ1v) is 6.86. The third-order valence-corrected chi connectivity index (χ3v) is 2.99. The number of nitrogens with one attached hydrogen (secondary N) is 2. The van der Waals surface area contributed by atoms with E-state index in [0.717, 1.165) is 30.0 Å². The number of aromatic nitrogens is 2. The summed E-state index contributed by atoms with van der Waals surface area (Å²) in [6.07, 6.45) is 8.53. The standard InChI is InChI=1S/C16H19N3O2/c1-21-14-7-4-13(5-8-14)6-9-16(20)19-10-2-3-15-17-11-12-18-15/h4-9,11-12H,2-3,10H2,1H3,(H,17,18)(H,19,20)/b9-6+. The smallest absolute Gasteiger partial charge is 0.243 e. The molecule has 2 rings (SSSR count). The number of methoxy groups -OCH3 is 1. The highest BCUT2D eigenvalue weighted by Crippen LogP contribution is 2.12. The van der Waals surface area contributed by atoms with E-state index in [4.69, 9.17) is 4.74 Å². The van der Waals surface area contributed by atoms with Crippen LogP contribution in [-0.2, 0) is 11.2 Å². The molecule has 2 N–H and O–H groups in total. The fraction of sp³-hybridized carbons (Fsp3) is 0.250. The minimum Gasteiger partial charge on any atom is -0.497 e. The van der Waals surface area contributed by atoms with Gasteiger partial charge in [-0.1, -0.05) is 12.1 Å². The second-order valence-electron chi connectivity index (χ2n) is 4.54. The number of H-pyrrole nitrogens is 1. The molecule has 0 spiro atoms. The van der Waals surface area contributed by atoms with Crippen LogP contribution in [0.4, 0.5) is 0 Å². The van der Waals surface area contributed by atoms with Gasteiger partial charge >= 0.3 is 0 Å². The quantitative estimate of drug-likeness (QED) is 0.605. The van der Waals surface area contributed by atoms with Crippen LogP contribution in [0.25, 0.3) is 6.08 Å². The Hall–Kier alpha value is -2.56. The van der Waals surface area contributed by atoms with Crippen LogP contribution in [-0.4, -0.2) is 29.5 Å². The molecule has 0 saturated heterocycles. The van der Waals surface area contributed by atoms with Gasteiger partial charge in [-0.25, -0.2) is 4.98 Å². The lowest BCUT2D eigenvalue weighted by molar-refractivity contribution is -0.116. The zero-order valence-electron chi connectivity index (χ0n) is 12.0. The van der Waals surface area contributed by atoms with Gasteiger partial charge in [-0.3, -0.25) is 4.79 Å². The summed E-state index contributed by atoms with van der Waals surface area (Å²) in [5.41, 5.74) is 0.960. The number of nitrogens with zero attached hydrogens (tertiary/aromatic N) is 1. The second kappa shape index (κ2) is 7.89. The zero-order chi connectivity index (χ0) is 14.9. The van der Waals surface area contributed by atoms with Gasteiger partial charge in [0, 0.05) is 31.4 Å². The van der Waals surface area contributed by atoms with Crippen LogP contribution in [0.15, 0.2) is 42.7 Å². The zero-order valence-corrected chi connectivity index (χ0v) is 12.0. The van der Waals surface area contributed by atoms with Gasteiger partial charge in [-0.05, 0) is 30.2 Å². The fourth-order valence-electron chi connectivity index (χ4n) is 1.85. The highest BCUT2D eigenvalue weighted by atomic mass is 16.5. The summed E-state index contributed by atoms with van der Waals surface area (Å²) in [5, 5.41) is 2.85. The molecule has 0 bridgehead atoms. The third-order valence-electron chi connectivity index (χ3n) is 2.99. The van der Waals surface area contributed by atoms with Crippen LogP contribution in [0.1, 0.15) is 17.8 Å². The van der Waals surface area contributed by atoms with Gasteiger partial charge in [0.25, 0.3) is 0 Å². The minimum absolute atomic E-state index is 0.0923. The van der Waals surface area contributed by atoms with E-state index in [1.807, 2.05) is 24.3 Å². The molecule has 0 unspecified atom stereocenters. The van der Waals surface area contributed by atoms with Crippen molar-refractivity contribution in [3.8, 4) is 5.75 Å². The van der Waals surface area contributed by atoms with Crippen molar-refractivity contribution >= 4 is 12.0 Å². The van der Waals surface area contributed by atoms with E-state index in [9.17, 15) is 4.79 Å². The average molecular weight is 285 g/mol. The highest BCUT2D eigenvalue weighted by Gasteiger charge is 1.97. The average Bonchev–Trinajstić information content (AvgIpc) is 3.03. The maximum Gasteiger partial charge on any atom is 0.243 e. The Bertz CT molecular complexity index is 574. The SMILES string of the molecule is COc1ccc(/C=C/C(=O)NCCCc2ncc[nH]2)cc1. The first-order chi connectivity index (χ1) is 10.3. The van der Waals surface area contributed by atoms with Crippen LogP contribution >= 0.6 is 0 Å². The van der Waals surface area contributed by atoms with E-state index in [1.54, 1.807) is 25.6 Å². The molecule has 0 aliphatic heterocycles. The topological polar surface area (TPSA) is 67.0 Å². The van der Waals surface area contributed by atoms with Crippen LogP contribution in [0.5, 0.6) is 5.75 Å². The summed E-state index contributed by atoms with van der Waals surface area (Å²) < 4.78 is 5.08. The van der Waals surface area contributed by atoms with Gasteiger partial charge in [0.1, 0.15) is 11.6 Å². The molecule has 0 aliphatic carbocycles. The summed E-state index contributed by atoms with van der Waals surface area (Å²) in [5.74, 6) is 1.65. The van der Waals surface area contributed by atoms with Crippen molar-refractivity contribution in [2.45, 2.75) is 12.8 Å². The number of hydrogen-bond acceptors (Lipinski definition) is 3. The van der Waals surface area contributed by atoms with E-state index in [1.165, 1.54) is 6.08 Å². The molecule has 1 amide bonds. The molecule has 0 radical (unpaired) electrons. The number of aryl methyl sites for hydroxylation is 1. The van der Waals surface area contributed by atoms with Gasteiger partial charge in [0.2, 0.25) is 5.91 Å². The van der Waals surface area contributed by atoms with E-state index in [2.05, 4.69) is 15.3 Å². The van der Waals surface area contributed by atoms with Crippen LogP contribution in [0.2, 0.25) is 0 Å². The molecule has 5 nitrogen and oxygen atoms in total. The number of aromatic amines is 1. The van der Waals surface area contributed by atoms with E-state index in [-0.39, 0.29) is 5.91 Å². The lowest BCUT2D eigenvalue weighted by atomic mass is 10.2. The minimum atomic E-state index is -0.0923. The predicted octanol–water partition coefficient (Wildman–Crippen LogP) is 2.18. The molecule has 0 fully saturated rings. The van der Waals surface area contributed by atoms with Crippen molar-refractivity contribution in [3.05, 3.63) is 54.1 Å². The van der Waals surface area contributed by atoms with Crippen molar-refractivity contribution in [1.29, 1.82) is 0 Å². The predicted molar refractivity (Wildman–Crippen MR) is 81.9 cm³/mol. The summed E-state index contributed by atoms with van der Waals surface area (Å²) in [6.45, 7) is 0.631. The number of carbonyl (C=O) groups excluding carboxylic acids is 1. The fourth-order valence-corrected chi connectivity index (χ4v) is 1.85. The van der Waals surface area contributed by atoms with Crippen molar-refractivity contribution < 1.29 is 9.53 Å². The van der Waals surface area contributed by atoms with Crippen molar-refractivity contribution in [2.75, 3.05) is 13.7 Å².